The molecular weight excluding hydrogens is 245 g/mol. The van der Waals surface area contributed by atoms with Gasteiger partial charge in [0.15, 0.2) is 0 Å². The summed E-state index contributed by atoms with van der Waals surface area (Å²) < 4.78 is 35.4. The third kappa shape index (κ3) is 6.17. The minimum Gasteiger partial charge on any atom is -0.352 e. The van der Waals surface area contributed by atoms with Crippen LogP contribution in [0.3, 0.4) is 0 Å². The van der Waals surface area contributed by atoms with Crippen molar-refractivity contribution in [2.24, 2.45) is 11.7 Å². The van der Waals surface area contributed by atoms with Crippen molar-refractivity contribution < 1.29 is 18.0 Å². The molecule has 0 aliphatic heterocycles. The van der Waals surface area contributed by atoms with Crippen LogP contribution in [-0.2, 0) is 4.79 Å². The highest BCUT2D eigenvalue weighted by atomic mass is 35.5. The van der Waals surface area contributed by atoms with Gasteiger partial charge in [-0.25, -0.2) is 0 Å². The Morgan fingerprint density at radius 1 is 1.44 bits per heavy atom. The fourth-order valence-corrected chi connectivity index (χ4v) is 1.40. The van der Waals surface area contributed by atoms with Crippen LogP contribution in [0.1, 0.15) is 25.7 Å². The predicted molar refractivity (Wildman–Crippen MR) is 56.2 cm³/mol. The molecule has 1 atom stereocenters. The van der Waals surface area contributed by atoms with Crippen LogP contribution >= 0.6 is 12.4 Å². The third-order valence-corrected chi connectivity index (χ3v) is 2.43. The lowest BCUT2D eigenvalue weighted by Crippen LogP contribution is -2.41. The Morgan fingerprint density at radius 3 is 2.38 bits per heavy atom. The zero-order chi connectivity index (χ0) is 11.5. The van der Waals surface area contributed by atoms with Crippen LogP contribution in [0.2, 0.25) is 0 Å². The SMILES string of the molecule is Cl.NCC(NC(=O)CCC(F)(F)F)C1CC1. The van der Waals surface area contributed by atoms with Crippen molar-refractivity contribution in [2.75, 3.05) is 6.54 Å². The van der Waals surface area contributed by atoms with Crippen LogP contribution in [-0.4, -0.2) is 24.7 Å². The number of hydrogen-bond acceptors (Lipinski definition) is 2. The Bertz CT molecular complexity index is 231. The molecule has 0 radical (unpaired) electrons. The van der Waals surface area contributed by atoms with Gasteiger partial charge in [0.25, 0.3) is 0 Å². The van der Waals surface area contributed by atoms with Crippen LogP contribution in [0.5, 0.6) is 0 Å². The van der Waals surface area contributed by atoms with Gasteiger partial charge in [-0.3, -0.25) is 4.79 Å². The van der Waals surface area contributed by atoms with Gasteiger partial charge in [0.2, 0.25) is 5.91 Å². The highest BCUT2D eigenvalue weighted by Crippen LogP contribution is 2.32. The van der Waals surface area contributed by atoms with Crippen LogP contribution < -0.4 is 11.1 Å². The first-order valence-corrected chi connectivity index (χ1v) is 4.98. The van der Waals surface area contributed by atoms with E-state index >= 15 is 0 Å². The van der Waals surface area contributed by atoms with Gasteiger partial charge in [-0.05, 0) is 18.8 Å². The van der Waals surface area contributed by atoms with Crippen molar-refractivity contribution in [3.63, 3.8) is 0 Å². The maximum absolute atomic E-state index is 11.8. The zero-order valence-corrected chi connectivity index (χ0v) is 9.53. The summed E-state index contributed by atoms with van der Waals surface area (Å²) in [5, 5.41) is 2.54. The van der Waals surface area contributed by atoms with Crippen molar-refractivity contribution in [2.45, 2.75) is 37.9 Å². The molecule has 1 rings (SSSR count). The maximum atomic E-state index is 11.8. The maximum Gasteiger partial charge on any atom is 0.389 e. The Kier molecular flexibility index (Phi) is 6.10. The quantitative estimate of drug-likeness (QED) is 0.789. The molecular formula is C9H16ClF3N2O. The first kappa shape index (κ1) is 15.5. The van der Waals surface area contributed by atoms with Gasteiger partial charge in [-0.1, -0.05) is 0 Å². The van der Waals surface area contributed by atoms with Crippen LogP contribution in [0, 0.1) is 5.92 Å². The molecule has 0 bridgehead atoms. The Morgan fingerprint density at radius 2 is 2.00 bits per heavy atom. The molecule has 1 aliphatic carbocycles. The average Bonchev–Trinajstić information content (AvgIpc) is 2.93. The summed E-state index contributed by atoms with van der Waals surface area (Å²) in [6.07, 6.45) is -3.84. The zero-order valence-electron chi connectivity index (χ0n) is 8.72. The lowest BCUT2D eigenvalue weighted by Gasteiger charge is -2.16. The van der Waals surface area contributed by atoms with Crippen LogP contribution in [0.25, 0.3) is 0 Å². The molecule has 1 unspecified atom stereocenters. The van der Waals surface area contributed by atoms with Gasteiger partial charge >= 0.3 is 6.18 Å². The van der Waals surface area contributed by atoms with Crippen molar-refractivity contribution in [1.29, 1.82) is 0 Å². The predicted octanol–water partition coefficient (Wildman–Crippen LogP) is 1.60. The number of nitrogens with two attached hydrogens (primary N) is 1. The molecule has 0 saturated heterocycles. The van der Waals surface area contributed by atoms with Crippen molar-refractivity contribution in [3.05, 3.63) is 0 Å². The summed E-state index contributed by atoms with van der Waals surface area (Å²) in [6, 6.07) is -0.147. The molecule has 0 aromatic rings. The van der Waals surface area contributed by atoms with E-state index in [1.807, 2.05) is 0 Å². The Hall–Kier alpha value is -0.490. The van der Waals surface area contributed by atoms with Gasteiger partial charge in [0, 0.05) is 19.0 Å². The summed E-state index contributed by atoms with van der Waals surface area (Å²) >= 11 is 0. The molecule has 0 aromatic carbocycles. The van der Waals surface area contributed by atoms with Gasteiger partial charge in [0.1, 0.15) is 0 Å². The second-order valence-electron chi connectivity index (χ2n) is 3.86. The fraction of sp³-hybridized carbons (Fsp3) is 0.889. The van der Waals surface area contributed by atoms with E-state index in [0.717, 1.165) is 12.8 Å². The van der Waals surface area contributed by atoms with Crippen molar-refractivity contribution in [3.8, 4) is 0 Å². The van der Waals surface area contributed by atoms with E-state index in [9.17, 15) is 18.0 Å². The molecule has 96 valence electrons. The van der Waals surface area contributed by atoms with Gasteiger partial charge in [0.05, 0.1) is 6.42 Å². The largest absolute Gasteiger partial charge is 0.389 e. The molecule has 0 aromatic heterocycles. The van der Waals surface area contributed by atoms with E-state index in [-0.39, 0.29) is 18.4 Å². The molecule has 1 fully saturated rings. The number of amides is 1. The second kappa shape index (κ2) is 6.30. The van der Waals surface area contributed by atoms with E-state index in [1.165, 1.54) is 0 Å². The molecule has 3 nitrogen and oxygen atoms in total. The number of halogens is 4. The lowest BCUT2D eigenvalue weighted by molar-refractivity contribution is -0.144. The molecule has 3 N–H and O–H groups in total. The summed E-state index contributed by atoms with van der Waals surface area (Å²) in [5.41, 5.74) is 5.41. The van der Waals surface area contributed by atoms with Crippen LogP contribution in [0.4, 0.5) is 13.2 Å². The smallest absolute Gasteiger partial charge is 0.352 e. The molecule has 1 aliphatic rings. The van der Waals surface area contributed by atoms with Gasteiger partial charge in [-0.2, -0.15) is 13.2 Å². The molecule has 1 amide bonds. The lowest BCUT2D eigenvalue weighted by atomic mass is 10.1. The minimum absolute atomic E-state index is 0. The van der Waals surface area contributed by atoms with E-state index in [4.69, 9.17) is 5.73 Å². The summed E-state index contributed by atoms with van der Waals surface area (Å²) in [4.78, 5) is 11.1. The van der Waals surface area contributed by atoms with E-state index < -0.39 is 24.9 Å². The van der Waals surface area contributed by atoms with Gasteiger partial charge < -0.3 is 11.1 Å². The first-order chi connectivity index (χ1) is 6.92. The number of nitrogens with one attached hydrogen (secondary N) is 1. The van der Waals surface area contributed by atoms with E-state index in [1.54, 1.807) is 0 Å². The van der Waals surface area contributed by atoms with Gasteiger partial charge in [-0.15, -0.1) is 12.4 Å². The van der Waals surface area contributed by atoms with E-state index in [2.05, 4.69) is 5.32 Å². The fourth-order valence-electron chi connectivity index (χ4n) is 1.40. The standard InChI is InChI=1S/C9H15F3N2O.ClH/c10-9(11,12)4-3-8(15)14-7(5-13)6-1-2-6;/h6-7H,1-5,13H2,(H,14,15);1H. The normalized spacial score (nSPS) is 17.5. The highest BCUT2D eigenvalue weighted by Gasteiger charge is 2.32. The molecule has 1 saturated carbocycles. The Labute approximate surface area is 98.4 Å². The van der Waals surface area contributed by atoms with Crippen molar-refractivity contribution in [1.82, 2.24) is 5.32 Å². The third-order valence-electron chi connectivity index (χ3n) is 2.43. The number of hydrogen-bond donors (Lipinski definition) is 2. The first-order valence-electron chi connectivity index (χ1n) is 4.98. The summed E-state index contributed by atoms with van der Waals surface area (Å²) in [7, 11) is 0. The summed E-state index contributed by atoms with van der Waals surface area (Å²) in [6.45, 7) is 0.294. The minimum atomic E-state index is -4.27. The molecule has 16 heavy (non-hydrogen) atoms. The monoisotopic (exact) mass is 260 g/mol. The Balaban J connectivity index is 0.00000225. The number of rotatable bonds is 5. The number of carbonyl (C=O) groups excluding carboxylic acids is 1. The number of carbonyl (C=O) groups is 1. The van der Waals surface area contributed by atoms with Crippen LogP contribution in [0.15, 0.2) is 0 Å². The molecule has 7 heteroatoms. The second-order valence-corrected chi connectivity index (χ2v) is 3.86. The molecule has 0 spiro atoms. The number of alkyl halides is 3. The highest BCUT2D eigenvalue weighted by molar-refractivity contribution is 5.85. The topological polar surface area (TPSA) is 55.1 Å². The van der Waals surface area contributed by atoms with E-state index in [0.29, 0.717) is 12.5 Å². The summed E-state index contributed by atoms with van der Waals surface area (Å²) in [5.74, 6) is -0.195. The molecule has 0 heterocycles. The van der Waals surface area contributed by atoms with Crippen molar-refractivity contribution >= 4 is 18.3 Å². The average molecular weight is 261 g/mol.